The molecule has 1 aromatic heterocycles. The van der Waals surface area contributed by atoms with Crippen LogP contribution in [0.25, 0.3) is 5.69 Å². The molecular weight excluding hydrogens is 646 g/mol. The van der Waals surface area contributed by atoms with E-state index in [2.05, 4.69) is 15.7 Å². The van der Waals surface area contributed by atoms with Crippen molar-refractivity contribution >= 4 is 29.8 Å². The summed E-state index contributed by atoms with van der Waals surface area (Å²) in [7, 11) is 0. The lowest BCUT2D eigenvalue weighted by molar-refractivity contribution is -0.157. The van der Waals surface area contributed by atoms with Gasteiger partial charge in [-0.3, -0.25) is 19.2 Å². The zero-order chi connectivity index (χ0) is 34.9. The SMILES string of the molecule is O=C(OCc1ccccc1)ON1CCN(C(=O)CNC(=O)c2cc(OCC(=O)N3CCC[C@H]3C(=O)NC3CCC3)n(-c3ccccc3)n2)CC1. The third-order valence-electron chi connectivity index (χ3n) is 8.98. The van der Waals surface area contributed by atoms with E-state index in [4.69, 9.17) is 14.3 Å². The summed E-state index contributed by atoms with van der Waals surface area (Å²) in [6.45, 7) is 1.08. The molecule has 0 bridgehead atoms. The molecule has 2 N–H and O–H groups in total. The van der Waals surface area contributed by atoms with Crippen molar-refractivity contribution < 1.29 is 38.3 Å². The van der Waals surface area contributed by atoms with E-state index in [0.29, 0.717) is 18.7 Å². The van der Waals surface area contributed by atoms with E-state index in [-0.39, 0.29) is 81.3 Å². The first kappa shape index (κ1) is 34.4. The van der Waals surface area contributed by atoms with Crippen LogP contribution < -0.4 is 15.4 Å². The number of likely N-dealkylation sites (tertiary alicyclic amines) is 1. The summed E-state index contributed by atoms with van der Waals surface area (Å²) in [5.41, 5.74) is 1.44. The van der Waals surface area contributed by atoms with Crippen LogP contribution in [0.4, 0.5) is 4.79 Å². The highest BCUT2D eigenvalue weighted by Gasteiger charge is 2.36. The second-order valence-corrected chi connectivity index (χ2v) is 12.4. The number of benzene rings is 2. The van der Waals surface area contributed by atoms with Crippen LogP contribution >= 0.6 is 0 Å². The normalized spacial score (nSPS) is 17.8. The van der Waals surface area contributed by atoms with Gasteiger partial charge in [-0.2, -0.15) is 5.10 Å². The molecule has 2 aromatic carbocycles. The number of hydroxylamine groups is 2. The highest BCUT2D eigenvalue weighted by Crippen LogP contribution is 2.23. The molecule has 0 spiro atoms. The second-order valence-electron chi connectivity index (χ2n) is 12.4. The van der Waals surface area contributed by atoms with Crippen molar-refractivity contribution in [2.24, 2.45) is 0 Å². The van der Waals surface area contributed by atoms with Crippen LogP contribution in [0.15, 0.2) is 66.7 Å². The van der Waals surface area contributed by atoms with Gasteiger partial charge in [-0.15, -0.1) is 5.06 Å². The van der Waals surface area contributed by atoms with Gasteiger partial charge in [0.25, 0.3) is 11.8 Å². The Morgan fingerprint density at radius 3 is 2.24 bits per heavy atom. The van der Waals surface area contributed by atoms with E-state index >= 15 is 0 Å². The lowest BCUT2D eigenvalue weighted by Gasteiger charge is -2.33. The van der Waals surface area contributed by atoms with Crippen molar-refractivity contribution in [3.63, 3.8) is 0 Å². The number of carbonyl (C=O) groups excluding carboxylic acids is 5. The zero-order valence-corrected chi connectivity index (χ0v) is 27.7. The molecule has 2 aliphatic heterocycles. The van der Waals surface area contributed by atoms with E-state index in [9.17, 15) is 24.0 Å². The van der Waals surface area contributed by atoms with Gasteiger partial charge in [0.15, 0.2) is 12.3 Å². The molecule has 3 aliphatic rings. The molecule has 1 aliphatic carbocycles. The fourth-order valence-electron chi connectivity index (χ4n) is 5.97. The van der Waals surface area contributed by atoms with Crippen molar-refractivity contribution in [1.29, 1.82) is 0 Å². The van der Waals surface area contributed by atoms with Crippen LogP contribution in [-0.2, 0) is 30.6 Å². The van der Waals surface area contributed by atoms with Crippen LogP contribution in [0.2, 0.25) is 0 Å². The third-order valence-corrected chi connectivity index (χ3v) is 8.98. The van der Waals surface area contributed by atoms with Crippen LogP contribution in [0.3, 0.4) is 0 Å². The van der Waals surface area contributed by atoms with Crippen molar-refractivity contribution in [1.82, 2.24) is 35.3 Å². The molecule has 1 atom stereocenters. The van der Waals surface area contributed by atoms with E-state index in [1.165, 1.54) is 15.8 Å². The van der Waals surface area contributed by atoms with Crippen molar-refractivity contribution in [2.45, 2.75) is 50.8 Å². The second kappa shape index (κ2) is 16.3. The fraction of sp³-hybridized carbons (Fsp3) is 0.429. The fourth-order valence-corrected chi connectivity index (χ4v) is 5.97. The minimum atomic E-state index is -0.824. The van der Waals surface area contributed by atoms with Gasteiger partial charge in [-0.25, -0.2) is 9.48 Å². The van der Waals surface area contributed by atoms with E-state index in [0.717, 1.165) is 31.2 Å². The average molecular weight is 688 g/mol. The summed E-state index contributed by atoms with van der Waals surface area (Å²) >= 11 is 0. The predicted molar refractivity (Wildman–Crippen MR) is 178 cm³/mol. The van der Waals surface area contributed by atoms with Crippen molar-refractivity contribution in [3.8, 4) is 11.6 Å². The molecule has 2 saturated heterocycles. The topological polar surface area (TPSA) is 165 Å². The van der Waals surface area contributed by atoms with E-state index in [1.54, 1.807) is 34.1 Å². The molecular formula is C35H41N7O8. The Balaban J connectivity index is 0.990. The van der Waals surface area contributed by atoms with E-state index in [1.807, 2.05) is 36.4 Å². The van der Waals surface area contributed by atoms with Crippen molar-refractivity contribution in [3.05, 3.63) is 78.0 Å². The van der Waals surface area contributed by atoms with Gasteiger partial charge in [0.1, 0.15) is 12.6 Å². The number of piperazine rings is 1. The standard InChI is InChI=1S/C35H41N7O8/c43-30(39-17-19-40(20-18-39)50-35(47)49-23-25-9-3-1-4-10-25)22-36-33(45)28-21-32(42(38-28)27-13-5-2-6-14-27)48-24-31(44)41-16-8-15-29(41)34(46)37-26-11-7-12-26/h1-6,9-10,13-14,21,26,29H,7-8,11-12,15-20,22-24H2,(H,36,45)(H,37,46)/t29-/m0/s1. The minimum absolute atomic E-state index is 0.00439. The van der Waals surface area contributed by atoms with Gasteiger partial charge >= 0.3 is 6.16 Å². The molecule has 3 heterocycles. The van der Waals surface area contributed by atoms with Gasteiger partial charge < -0.3 is 34.7 Å². The van der Waals surface area contributed by atoms with Gasteiger partial charge in [-0.05, 0) is 49.8 Å². The first-order valence-electron chi connectivity index (χ1n) is 16.9. The Morgan fingerprint density at radius 2 is 1.54 bits per heavy atom. The molecule has 3 fully saturated rings. The number of aromatic nitrogens is 2. The van der Waals surface area contributed by atoms with Gasteiger partial charge in [0.05, 0.1) is 25.3 Å². The summed E-state index contributed by atoms with van der Waals surface area (Å²) in [4.78, 5) is 72.5. The Hall–Kier alpha value is -5.44. The average Bonchev–Trinajstić information content (AvgIpc) is 3.80. The highest BCUT2D eigenvalue weighted by molar-refractivity contribution is 5.95. The zero-order valence-electron chi connectivity index (χ0n) is 27.7. The van der Waals surface area contributed by atoms with Crippen molar-refractivity contribution in [2.75, 3.05) is 45.9 Å². The summed E-state index contributed by atoms with van der Waals surface area (Å²) in [5.74, 6) is -1.20. The Bertz CT molecular complexity index is 1660. The first-order chi connectivity index (χ1) is 24.3. The Morgan fingerprint density at radius 1 is 0.820 bits per heavy atom. The van der Waals surface area contributed by atoms with Gasteiger partial charge in [0, 0.05) is 31.7 Å². The maximum Gasteiger partial charge on any atom is 0.528 e. The van der Waals surface area contributed by atoms with Gasteiger partial charge in [-0.1, -0.05) is 48.5 Å². The molecule has 15 nitrogen and oxygen atoms in total. The molecule has 3 aromatic rings. The molecule has 0 unspecified atom stereocenters. The molecule has 264 valence electrons. The quantitative estimate of drug-likeness (QED) is 0.270. The maximum atomic E-state index is 13.2. The summed E-state index contributed by atoms with van der Waals surface area (Å²) in [6.07, 6.45) is 3.53. The molecule has 4 amide bonds. The third kappa shape index (κ3) is 8.77. The number of carbonyl (C=O) groups is 5. The van der Waals surface area contributed by atoms with Crippen LogP contribution in [0.5, 0.6) is 5.88 Å². The number of nitrogens with zero attached hydrogens (tertiary/aromatic N) is 5. The number of amides is 4. The molecule has 15 heteroatoms. The number of ether oxygens (including phenoxy) is 2. The largest absolute Gasteiger partial charge is 0.528 e. The number of para-hydroxylation sites is 1. The summed E-state index contributed by atoms with van der Waals surface area (Å²) in [6, 6.07) is 19.3. The summed E-state index contributed by atoms with van der Waals surface area (Å²) < 4.78 is 12.5. The lowest BCUT2D eigenvalue weighted by Crippen LogP contribution is -2.51. The lowest BCUT2D eigenvalue weighted by atomic mass is 9.93. The molecule has 1 saturated carbocycles. The maximum absolute atomic E-state index is 13.2. The van der Waals surface area contributed by atoms with Crippen LogP contribution in [-0.4, -0.2) is 112 Å². The monoisotopic (exact) mass is 687 g/mol. The van der Waals surface area contributed by atoms with Crippen LogP contribution in [0, 0.1) is 0 Å². The number of hydrogen-bond donors (Lipinski definition) is 2. The summed E-state index contributed by atoms with van der Waals surface area (Å²) in [5, 5.41) is 11.5. The first-order valence-corrected chi connectivity index (χ1v) is 16.9. The molecule has 0 radical (unpaired) electrons. The molecule has 6 rings (SSSR count). The van der Waals surface area contributed by atoms with Crippen LogP contribution in [0.1, 0.15) is 48.2 Å². The smallest absolute Gasteiger partial charge is 0.467 e. The minimum Gasteiger partial charge on any atom is -0.467 e. The Labute approximate surface area is 289 Å². The number of rotatable bonds is 12. The Kier molecular flexibility index (Phi) is 11.2. The predicted octanol–water partition coefficient (Wildman–Crippen LogP) is 2.05. The number of nitrogens with one attached hydrogen (secondary N) is 2. The highest BCUT2D eigenvalue weighted by atomic mass is 16.8. The number of hydrogen-bond acceptors (Lipinski definition) is 10. The van der Waals surface area contributed by atoms with E-state index < -0.39 is 18.1 Å². The van der Waals surface area contributed by atoms with Gasteiger partial charge in [0.2, 0.25) is 17.7 Å². The molecule has 50 heavy (non-hydrogen) atoms.